The number of aromatic nitrogens is 1. The normalized spacial score (nSPS) is 19.8. The van der Waals surface area contributed by atoms with Gasteiger partial charge in [0, 0.05) is 25.8 Å². The van der Waals surface area contributed by atoms with E-state index in [4.69, 9.17) is 4.74 Å². The molecule has 1 N–H and O–H groups in total. The van der Waals surface area contributed by atoms with E-state index in [1.807, 2.05) is 39.1 Å². The van der Waals surface area contributed by atoms with Crippen LogP contribution in [0.2, 0.25) is 0 Å². The van der Waals surface area contributed by atoms with Gasteiger partial charge in [-0.3, -0.25) is 0 Å². The van der Waals surface area contributed by atoms with Crippen molar-refractivity contribution in [2.75, 3.05) is 19.6 Å². The summed E-state index contributed by atoms with van der Waals surface area (Å²) in [5.41, 5.74) is 0.609. The molecule has 20 heavy (non-hydrogen) atoms. The van der Waals surface area contributed by atoms with E-state index >= 15 is 0 Å². The van der Waals surface area contributed by atoms with Crippen LogP contribution >= 0.6 is 15.9 Å². The summed E-state index contributed by atoms with van der Waals surface area (Å²) >= 11 is 3.32. The Morgan fingerprint density at radius 3 is 2.85 bits per heavy atom. The van der Waals surface area contributed by atoms with Crippen LogP contribution in [0.1, 0.15) is 32.4 Å². The molecule has 1 atom stereocenters. The van der Waals surface area contributed by atoms with Crippen LogP contribution in [0.15, 0.2) is 22.9 Å². The molecule has 2 rings (SSSR count). The van der Waals surface area contributed by atoms with Crippen molar-refractivity contribution in [2.45, 2.75) is 32.4 Å². The number of pyridine rings is 1. The van der Waals surface area contributed by atoms with E-state index in [0.29, 0.717) is 13.1 Å². The minimum Gasteiger partial charge on any atom is -0.444 e. The summed E-state index contributed by atoms with van der Waals surface area (Å²) < 4.78 is 6.22. The van der Waals surface area contributed by atoms with Gasteiger partial charge in [0.15, 0.2) is 0 Å². The molecule has 5 nitrogen and oxygen atoms in total. The van der Waals surface area contributed by atoms with Gasteiger partial charge in [-0.05, 0) is 48.3 Å². The van der Waals surface area contributed by atoms with Crippen LogP contribution in [0.25, 0.3) is 0 Å². The van der Waals surface area contributed by atoms with Crippen molar-refractivity contribution in [3.8, 4) is 0 Å². The number of nitrogens with one attached hydrogen (secondary N) is 1. The van der Waals surface area contributed by atoms with Crippen LogP contribution < -0.4 is 5.32 Å². The highest BCUT2D eigenvalue weighted by molar-refractivity contribution is 9.10. The van der Waals surface area contributed by atoms with Crippen molar-refractivity contribution in [1.29, 1.82) is 0 Å². The first-order chi connectivity index (χ1) is 9.35. The van der Waals surface area contributed by atoms with Gasteiger partial charge in [-0.2, -0.15) is 0 Å². The number of nitrogens with zero attached hydrogens (tertiary/aromatic N) is 2. The third-order valence-corrected chi connectivity index (χ3v) is 3.45. The summed E-state index contributed by atoms with van der Waals surface area (Å²) in [7, 11) is 0. The quantitative estimate of drug-likeness (QED) is 0.798. The Hall–Kier alpha value is -1.14. The maximum absolute atomic E-state index is 12.1. The second-order valence-corrected chi connectivity index (χ2v) is 6.66. The first-order valence-corrected chi connectivity index (χ1v) is 7.47. The molecule has 0 radical (unpaired) electrons. The predicted octanol–water partition coefficient (Wildman–Crippen LogP) is 2.73. The van der Waals surface area contributed by atoms with Crippen molar-refractivity contribution in [1.82, 2.24) is 15.2 Å². The molecular weight excluding hydrogens is 322 g/mol. The molecule has 0 saturated carbocycles. The highest BCUT2D eigenvalue weighted by atomic mass is 79.9. The second kappa shape index (κ2) is 6.10. The minimum absolute atomic E-state index is 0.0943. The van der Waals surface area contributed by atoms with E-state index in [0.717, 1.165) is 16.7 Å². The maximum Gasteiger partial charge on any atom is 0.410 e. The fourth-order valence-electron chi connectivity index (χ4n) is 2.06. The van der Waals surface area contributed by atoms with Gasteiger partial charge in [0.25, 0.3) is 0 Å². The standard InChI is InChI=1S/C14H20BrN3O2/c1-14(2,3)20-13(19)18-7-6-16-11(9-18)10-4-5-12(15)17-8-10/h4-5,8,11,16H,6-7,9H2,1-3H3. The Labute approximate surface area is 127 Å². The molecule has 1 aromatic heterocycles. The predicted molar refractivity (Wildman–Crippen MR) is 80.5 cm³/mol. The number of hydrogen-bond donors (Lipinski definition) is 1. The van der Waals surface area contributed by atoms with E-state index in [1.165, 1.54) is 0 Å². The lowest BCUT2D eigenvalue weighted by Gasteiger charge is -2.35. The Balaban J connectivity index is 2.01. The number of carbonyl (C=O) groups is 1. The summed E-state index contributed by atoms with van der Waals surface area (Å²) in [5.74, 6) is 0. The molecule has 1 saturated heterocycles. The molecule has 2 heterocycles. The zero-order chi connectivity index (χ0) is 14.8. The Morgan fingerprint density at radius 2 is 2.25 bits per heavy atom. The van der Waals surface area contributed by atoms with Crippen molar-refractivity contribution >= 4 is 22.0 Å². The zero-order valence-electron chi connectivity index (χ0n) is 12.0. The average molecular weight is 342 g/mol. The Kier molecular flexibility index (Phi) is 4.65. The lowest BCUT2D eigenvalue weighted by Crippen LogP contribution is -2.49. The van der Waals surface area contributed by atoms with Crippen molar-refractivity contribution in [2.24, 2.45) is 0 Å². The van der Waals surface area contributed by atoms with Crippen molar-refractivity contribution in [3.05, 3.63) is 28.5 Å². The molecule has 0 spiro atoms. The Bertz CT molecular complexity index is 470. The van der Waals surface area contributed by atoms with Crippen LogP contribution in [0.5, 0.6) is 0 Å². The molecular formula is C14H20BrN3O2. The van der Waals surface area contributed by atoms with Crippen molar-refractivity contribution < 1.29 is 9.53 Å². The Morgan fingerprint density at radius 1 is 1.50 bits per heavy atom. The zero-order valence-corrected chi connectivity index (χ0v) is 13.6. The molecule has 1 aliphatic heterocycles. The second-order valence-electron chi connectivity index (χ2n) is 5.85. The molecule has 1 unspecified atom stereocenters. The third-order valence-electron chi connectivity index (χ3n) is 2.98. The van der Waals surface area contributed by atoms with Gasteiger partial charge in [0.05, 0.1) is 6.04 Å². The summed E-state index contributed by atoms with van der Waals surface area (Å²) in [5, 5.41) is 3.40. The van der Waals surface area contributed by atoms with Gasteiger partial charge in [-0.25, -0.2) is 9.78 Å². The summed E-state index contributed by atoms with van der Waals surface area (Å²) in [6, 6.07) is 4.01. The smallest absolute Gasteiger partial charge is 0.410 e. The van der Waals surface area contributed by atoms with E-state index in [-0.39, 0.29) is 12.1 Å². The number of amides is 1. The largest absolute Gasteiger partial charge is 0.444 e. The molecule has 1 aromatic rings. The fraction of sp³-hybridized carbons (Fsp3) is 0.571. The third kappa shape index (κ3) is 4.18. The van der Waals surface area contributed by atoms with E-state index in [1.54, 1.807) is 4.90 Å². The number of piperazine rings is 1. The SMILES string of the molecule is CC(C)(C)OC(=O)N1CCNC(c2ccc(Br)nc2)C1. The fourth-order valence-corrected chi connectivity index (χ4v) is 2.29. The first kappa shape index (κ1) is 15.3. The molecule has 0 aliphatic carbocycles. The van der Waals surface area contributed by atoms with Gasteiger partial charge in [-0.1, -0.05) is 6.07 Å². The maximum atomic E-state index is 12.1. The van der Waals surface area contributed by atoms with Gasteiger partial charge >= 0.3 is 6.09 Å². The molecule has 110 valence electrons. The topological polar surface area (TPSA) is 54.5 Å². The van der Waals surface area contributed by atoms with Crippen LogP contribution in [-0.4, -0.2) is 41.2 Å². The molecule has 0 aromatic carbocycles. The van der Waals surface area contributed by atoms with Gasteiger partial charge in [-0.15, -0.1) is 0 Å². The van der Waals surface area contributed by atoms with E-state index in [2.05, 4.69) is 26.2 Å². The van der Waals surface area contributed by atoms with Crippen LogP contribution in [0.3, 0.4) is 0 Å². The van der Waals surface area contributed by atoms with Crippen LogP contribution in [-0.2, 0) is 4.74 Å². The highest BCUT2D eigenvalue weighted by Gasteiger charge is 2.28. The van der Waals surface area contributed by atoms with E-state index < -0.39 is 5.60 Å². The van der Waals surface area contributed by atoms with Crippen LogP contribution in [0.4, 0.5) is 4.79 Å². The summed E-state index contributed by atoms with van der Waals surface area (Å²) in [6.45, 7) is 7.64. The highest BCUT2D eigenvalue weighted by Crippen LogP contribution is 2.19. The van der Waals surface area contributed by atoms with Gasteiger partial charge in [0.2, 0.25) is 0 Å². The molecule has 1 amide bonds. The number of ether oxygens (including phenoxy) is 1. The van der Waals surface area contributed by atoms with Crippen molar-refractivity contribution in [3.63, 3.8) is 0 Å². The van der Waals surface area contributed by atoms with Gasteiger partial charge in [0.1, 0.15) is 10.2 Å². The summed E-state index contributed by atoms with van der Waals surface area (Å²) in [6.07, 6.45) is 1.56. The molecule has 1 fully saturated rings. The van der Waals surface area contributed by atoms with Gasteiger partial charge < -0.3 is 15.0 Å². The average Bonchev–Trinajstić information content (AvgIpc) is 2.38. The minimum atomic E-state index is -0.462. The number of hydrogen-bond acceptors (Lipinski definition) is 4. The van der Waals surface area contributed by atoms with E-state index in [9.17, 15) is 4.79 Å². The lowest BCUT2D eigenvalue weighted by atomic mass is 10.1. The molecule has 0 bridgehead atoms. The lowest BCUT2D eigenvalue weighted by molar-refractivity contribution is 0.0195. The number of rotatable bonds is 1. The molecule has 1 aliphatic rings. The summed E-state index contributed by atoms with van der Waals surface area (Å²) in [4.78, 5) is 18.1. The molecule has 6 heteroatoms. The number of halogens is 1. The van der Waals surface area contributed by atoms with Crippen LogP contribution in [0, 0.1) is 0 Å². The monoisotopic (exact) mass is 341 g/mol. The number of carbonyl (C=O) groups excluding carboxylic acids is 1. The first-order valence-electron chi connectivity index (χ1n) is 6.68.